The van der Waals surface area contributed by atoms with Gasteiger partial charge in [0.2, 0.25) is 5.91 Å². The van der Waals surface area contributed by atoms with Crippen molar-refractivity contribution in [3.05, 3.63) is 0 Å². The van der Waals surface area contributed by atoms with Gasteiger partial charge < -0.3 is 41.2 Å². The number of aliphatic hydroxyl groups is 2. The second-order valence-corrected chi connectivity index (χ2v) is 7.06. The highest BCUT2D eigenvalue weighted by atomic mass is 16.5. The molecular weight excluding hydrogens is 382 g/mol. The van der Waals surface area contributed by atoms with Crippen LogP contribution in [-0.2, 0) is 19.1 Å². The van der Waals surface area contributed by atoms with Crippen molar-refractivity contribution in [2.45, 2.75) is 63.2 Å². The number of hydrogen-bond donors (Lipinski definition) is 6. The van der Waals surface area contributed by atoms with Gasteiger partial charge in [-0.25, -0.2) is 4.79 Å². The zero-order valence-electron chi connectivity index (χ0n) is 17.5. The standard InChI is InChI=1S/C19H39N3O7/c1-28-12-16(24)14-29-13-15(23)11-21-10-6-2-3-8-18(25)22-17(19(26)27)7-4-5-9-20/h15-17,21,23-24H,2-14,20H2,1H3,(H,22,25)(H,26,27). The number of carbonyl (C=O) groups is 2. The molecule has 0 aromatic heterocycles. The van der Waals surface area contributed by atoms with Gasteiger partial charge in [0.15, 0.2) is 0 Å². The van der Waals surface area contributed by atoms with Crippen LogP contribution in [0.3, 0.4) is 0 Å². The van der Waals surface area contributed by atoms with Crippen LogP contribution in [0.1, 0.15) is 44.9 Å². The lowest BCUT2D eigenvalue weighted by Gasteiger charge is -2.15. The van der Waals surface area contributed by atoms with Crippen LogP contribution in [-0.4, -0.2) is 92.0 Å². The lowest BCUT2D eigenvalue weighted by atomic mass is 10.1. The van der Waals surface area contributed by atoms with E-state index in [1.165, 1.54) is 7.11 Å². The van der Waals surface area contributed by atoms with E-state index in [2.05, 4.69) is 10.6 Å². The van der Waals surface area contributed by atoms with Gasteiger partial charge in [0, 0.05) is 20.1 Å². The van der Waals surface area contributed by atoms with Crippen LogP contribution in [0.15, 0.2) is 0 Å². The highest BCUT2D eigenvalue weighted by molar-refractivity contribution is 5.83. The molecule has 10 nitrogen and oxygen atoms in total. The van der Waals surface area contributed by atoms with Crippen LogP contribution in [0.25, 0.3) is 0 Å². The van der Waals surface area contributed by atoms with Gasteiger partial charge in [-0.1, -0.05) is 6.42 Å². The van der Waals surface area contributed by atoms with E-state index in [-0.39, 0.29) is 25.7 Å². The monoisotopic (exact) mass is 421 g/mol. The van der Waals surface area contributed by atoms with Crippen molar-refractivity contribution in [2.75, 3.05) is 46.6 Å². The fourth-order valence-electron chi connectivity index (χ4n) is 2.64. The maximum Gasteiger partial charge on any atom is 0.326 e. The predicted molar refractivity (Wildman–Crippen MR) is 109 cm³/mol. The van der Waals surface area contributed by atoms with Crippen LogP contribution < -0.4 is 16.4 Å². The minimum Gasteiger partial charge on any atom is -0.480 e. The zero-order valence-corrected chi connectivity index (χ0v) is 17.5. The van der Waals surface area contributed by atoms with Gasteiger partial charge in [0.05, 0.1) is 25.9 Å². The van der Waals surface area contributed by atoms with Crippen LogP contribution in [0.5, 0.6) is 0 Å². The van der Waals surface area contributed by atoms with E-state index >= 15 is 0 Å². The molecule has 0 aliphatic heterocycles. The molecule has 3 unspecified atom stereocenters. The molecule has 0 rings (SSSR count). The Balaban J connectivity index is 3.65. The van der Waals surface area contributed by atoms with E-state index in [9.17, 15) is 19.8 Å². The average Bonchev–Trinajstić information content (AvgIpc) is 2.66. The molecule has 0 aromatic carbocycles. The van der Waals surface area contributed by atoms with E-state index in [0.29, 0.717) is 45.3 Å². The van der Waals surface area contributed by atoms with E-state index in [0.717, 1.165) is 19.3 Å². The minimum atomic E-state index is -1.02. The molecule has 0 radical (unpaired) electrons. The Labute approximate surface area is 173 Å². The molecule has 0 saturated heterocycles. The molecule has 172 valence electrons. The van der Waals surface area contributed by atoms with Crippen molar-refractivity contribution in [3.8, 4) is 0 Å². The van der Waals surface area contributed by atoms with E-state index < -0.39 is 24.2 Å². The molecule has 0 heterocycles. The molecule has 10 heteroatoms. The largest absolute Gasteiger partial charge is 0.480 e. The van der Waals surface area contributed by atoms with Crippen molar-refractivity contribution < 1.29 is 34.4 Å². The SMILES string of the molecule is COCC(O)COCC(O)CNCCCCCC(=O)NC(CCCCN)C(=O)O. The van der Waals surface area contributed by atoms with Crippen LogP contribution >= 0.6 is 0 Å². The number of ether oxygens (including phenoxy) is 2. The number of amides is 1. The number of carboxylic acid groups (broad SMARTS) is 1. The molecule has 7 N–H and O–H groups in total. The summed E-state index contributed by atoms with van der Waals surface area (Å²) < 4.78 is 9.97. The number of nitrogens with two attached hydrogens (primary N) is 1. The third-order valence-electron chi connectivity index (χ3n) is 4.20. The second-order valence-electron chi connectivity index (χ2n) is 7.06. The summed E-state index contributed by atoms with van der Waals surface area (Å²) in [5, 5.41) is 34.0. The number of unbranched alkanes of at least 4 members (excludes halogenated alkanes) is 3. The summed E-state index contributed by atoms with van der Waals surface area (Å²) in [6.07, 6.45) is 3.06. The highest BCUT2D eigenvalue weighted by Crippen LogP contribution is 2.04. The first-order valence-electron chi connectivity index (χ1n) is 10.3. The molecule has 0 aliphatic rings. The van der Waals surface area contributed by atoms with Crippen molar-refractivity contribution in [1.29, 1.82) is 0 Å². The fourth-order valence-corrected chi connectivity index (χ4v) is 2.64. The molecule has 3 atom stereocenters. The van der Waals surface area contributed by atoms with Gasteiger partial charge in [0.1, 0.15) is 12.1 Å². The molecule has 0 fully saturated rings. The fraction of sp³-hybridized carbons (Fsp3) is 0.895. The van der Waals surface area contributed by atoms with E-state index in [1.807, 2.05) is 0 Å². The van der Waals surface area contributed by atoms with Crippen molar-refractivity contribution in [2.24, 2.45) is 5.73 Å². The number of rotatable bonds is 20. The van der Waals surface area contributed by atoms with Crippen molar-refractivity contribution in [3.63, 3.8) is 0 Å². The summed E-state index contributed by atoms with van der Waals surface area (Å²) in [4.78, 5) is 23.0. The normalized spacial score (nSPS) is 14.3. The van der Waals surface area contributed by atoms with Crippen molar-refractivity contribution >= 4 is 11.9 Å². The summed E-state index contributed by atoms with van der Waals surface area (Å²) in [6, 6.07) is -0.852. The Morgan fingerprint density at radius 3 is 2.38 bits per heavy atom. The summed E-state index contributed by atoms with van der Waals surface area (Å²) in [6.45, 7) is 2.02. The van der Waals surface area contributed by atoms with Gasteiger partial charge in [-0.05, 0) is 45.2 Å². The van der Waals surface area contributed by atoms with Gasteiger partial charge in [0.25, 0.3) is 0 Å². The third kappa shape index (κ3) is 17.3. The Hall–Kier alpha value is -1.30. The quantitative estimate of drug-likeness (QED) is 0.138. The maximum absolute atomic E-state index is 11.9. The third-order valence-corrected chi connectivity index (χ3v) is 4.20. The van der Waals surface area contributed by atoms with E-state index in [4.69, 9.17) is 20.3 Å². The van der Waals surface area contributed by atoms with Crippen LogP contribution in [0, 0.1) is 0 Å². The molecule has 29 heavy (non-hydrogen) atoms. The molecular formula is C19H39N3O7. The summed E-state index contributed by atoms with van der Waals surface area (Å²) in [5.74, 6) is -1.27. The first-order chi connectivity index (χ1) is 13.9. The van der Waals surface area contributed by atoms with Gasteiger partial charge >= 0.3 is 5.97 Å². The van der Waals surface area contributed by atoms with E-state index in [1.54, 1.807) is 0 Å². The zero-order chi connectivity index (χ0) is 21.9. The van der Waals surface area contributed by atoms with Crippen molar-refractivity contribution in [1.82, 2.24) is 10.6 Å². The number of hydrogen-bond acceptors (Lipinski definition) is 8. The van der Waals surface area contributed by atoms with Gasteiger partial charge in [-0.15, -0.1) is 0 Å². The lowest BCUT2D eigenvalue weighted by Crippen LogP contribution is -2.40. The summed E-state index contributed by atoms with van der Waals surface area (Å²) in [7, 11) is 1.49. The molecule has 0 aliphatic carbocycles. The second kappa shape index (κ2) is 18.7. The molecule has 1 amide bonds. The lowest BCUT2D eigenvalue weighted by molar-refractivity contribution is -0.142. The molecule has 0 spiro atoms. The Morgan fingerprint density at radius 1 is 1.00 bits per heavy atom. The Kier molecular flexibility index (Phi) is 17.9. The highest BCUT2D eigenvalue weighted by Gasteiger charge is 2.18. The Bertz CT molecular complexity index is 427. The number of aliphatic carboxylic acids is 1. The number of nitrogens with one attached hydrogen (secondary N) is 2. The first-order valence-corrected chi connectivity index (χ1v) is 10.3. The first kappa shape index (κ1) is 27.7. The molecule has 0 bridgehead atoms. The van der Waals surface area contributed by atoms with Crippen LogP contribution in [0.2, 0.25) is 0 Å². The minimum absolute atomic E-state index is 0.114. The molecule has 0 aromatic rings. The maximum atomic E-state index is 11.9. The summed E-state index contributed by atoms with van der Waals surface area (Å²) in [5.41, 5.74) is 5.39. The predicted octanol–water partition coefficient (Wildman–Crippen LogP) is -0.780. The Morgan fingerprint density at radius 2 is 1.72 bits per heavy atom. The molecule has 0 saturated carbocycles. The van der Waals surface area contributed by atoms with Gasteiger partial charge in [-0.3, -0.25) is 4.79 Å². The summed E-state index contributed by atoms with van der Waals surface area (Å²) >= 11 is 0. The number of methoxy groups -OCH3 is 1. The van der Waals surface area contributed by atoms with Gasteiger partial charge in [-0.2, -0.15) is 0 Å². The number of aliphatic hydroxyl groups excluding tert-OH is 2. The average molecular weight is 422 g/mol. The topological polar surface area (TPSA) is 163 Å². The number of carbonyl (C=O) groups excluding carboxylic acids is 1. The number of carboxylic acids is 1. The van der Waals surface area contributed by atoms with Crippen LogP contribution in [0.4, 0.5) is 0 Å². The smallest absolute Gasteiger partial charge is 0.326 e.